The molecule has 0 aliphatic carbocycles. The predicted octanol–water partition coefficient (Wildman–Crippen LogP) is 2.57. The summed E-state index contributed by atoms with van der Waals surface area (Å²) < 4.78 is 17.7. The van der Waals surface area contributed by atoms with Crippen molar-refractivity contribution in [2.45, 2.75) is 6.92 Å². The number of carbonyl (C=O) groups excluding carboxylic acids is 2. The van der Waals surface area contributed by atoms with E-state index in [9.17, 15) is 14.0 Å². The zero-order valence-electron chi connectivity index (χ0n) is 11.5. The number of carbonyl (C=O) groups is 2. The van der Waals surface area contributed by atoms with Crippen LogP contribution in [0.3, 0.4) is 0 Å². The van der Waals surface area contributed by atoms with Gasteiger partial charge in [-0.1, -0.05) is 12.1 Å². The van der Waals surface area contributed by atoms with Crippen LogP contribution in [0.25, 0.3) is 0 Å². The molecule has 1 heterocycles. The molecule has 1 aromatic carbocycles. The molecule has 1 aromatic heterocycles. The quantitative estimate of drug-likeness (QED) is 0.696. The molecule has 0 radical (unpaired) electrons. The number of hydrogen-bond donors (Lipinski definition) is 1. The van der Waals surface area contributed by atoms with Crippen molar-refractivity contribution in [2.24, 2.45) is 0 Å². The molecule has 0 saturated carbocycles. The summed E-state index contributed by atoms with van der Waals surface area (Å²) in [5.74, 6) is -1.78. The maximum atomic E-state index is 13.0. The molecule has 1 amide bonds. The number of ether oxygens (including phenoxy) is 1. The second-order valence-electron chi connectivity index (χ2n) is 4.27. The second kappa shape index (κ2) is 6.13. The van der Waals surface area contributed by atoms with Crippen molar-refractivity contribution in [1.82, 2.24) is 4.98 Å². The molecule has 6 heteroatoms. The lowest BCUT2D eigenvalue weighted by molar-refractivity contribution is 0.0599. The fourth-order valence-electron chi connectivity index (χ4n) is 1.82. The highest BCUT2D eigenvalue weighted by Gasteiger charge is 2.14. The third-order valence-corrected chi connectivity index (χ3v) is 2.94. The zero-order valence-corrected chi connectivity index (χ0v) is 11.5. The van der Waals surface area contributed by atoms with Crippen molar-refractivity contribution in [3.05, 3.63) is 59.2 Å². The molecule has 0 spiro atoms. The summed E-state index contributed by atoms with van der Waals surface area (Å²) in [6.45, 7) is 1.68. The number of nitrogens with zero attached hydrogens (tertiary/aromatic N) is 1. The average molecular weight is 288 g/mol. The summed E-state index contributed by atoms with van der Waals surface area (Å²) >= 11 is 0. The Morgan fingerprint density at radius 3 is 2.57 bits per heavy atom. The van der Waals surface area contributed by atoms with E-state index in [0.717, 1.165) is 6.07 Å². The topological polar surface area (TPSA) is 68.3 Å². The van der Waals surface area contributed by atoms with Gasteiger partial charge in [0, 0.05) is 5.69 Å². The number of aromatic nitrogens is 1. The first-order valence-corrected chi connectivity index (χ1v) is 6.14. The molecule has 0 aliphatic rings. The van der Waals surface area contributed by atoms with E-state index in [1.54, 1.807) is 25.1 Å². The molecule has 0 aliphatic heterocycles. The minimum absolute atomic E-state index is 0.0436. The van der Waals surface area contributed by atoms with E-state index >= 15 is 0 Å². The van der Waals surface area contributed by atoms with E-state index in [4.69, 9.17) is 0 Å². The van der Waals surface area contributed by atoms with E-state index < -0.39 is 17.8 Å². The second-order valence-corrected chi connectivity index (χ2v) is 4.27. The Labute approximate surface area is 120 Å². The van der Waals surface area contributed by atoms with Crippen molar-refractivity contribution < 1.29 is 18.7 Å². The van der Waals surface area contributed by atoms with E-state index in [1.165, 1.54) is 19.2 Å². The summed E-state index contributed by atoms with van der Waals surface area (Å²) in [4.78, 5) is 27.1. The van der Waals surface area contributed by atoms with Gasteiger partial charge in [0.1, 0.15) is 5.69 Å². The Bertz CT molecular complexity index is 701. The monoisotopic (exact) mass is 288 g/mol. The maximum Gasteiger partial charge on any atom is 0.338 e. The summed E-state index contributed by atoms with van der Waals surface area (Å²) in [7, 11) is 1.28. The normalized spacial score (nSPS) is 10.0. The Balaban J connectivity index is 2.28. The number of benzene rings is 1. The lowest BCUT2D eigenvalue weighted by Crippen LogP contribution is -2.16. The lowest BCUT2D eigenvalue weighted by atomic mass is 10.1. The Hall–Kier alpha value is -2.76. The standard InChI is InChI=1S/C15H13FN2O3/c1-9-10(15(20)21-2)5-3-6-11(9)18-14(19)12-7-4-8-13(16)17-12/h3-8H,1-2H3,(H,18,19). The van der Waals surface area contributed by atoms with Crippen LogP contribution < -0.4 is 5.32 Å². The van der Waals surface area contributed by atoms with Crippen molar-refractivity contribution in [1.29, 1.82) is 0 Å². The molecule has 0 bridgehead atoms. The van der Waals surface area contributed by atoms with Crippen LogP contribution in [0.5, 0.6) is 0 Å². The van der Waals surface area contributed by atoms with Gasteiger partial charge in [-0.3, -0.25) is 4.79 Å². The predicted molar refractivity (Wildman–Crippen MR) is 74.7 cm³/mol. The van der Waals surface area contributed by atoms with Crippen LogP contribution in [-0.2, 0) is 4.74 Å². The third kappa shape index (κ3) is 3.22. The Kier molecular flexibility index (Phi) is 4.27. The van der Waals surface area contributed by atoms with Gasteiger partial charge in [-0.15, -0.1) is 0 Å². The number of methoxy groups -OCH3 is 1. The minimum Gasteiger partial charge on any atom is -0.465 e. The number of rotatable bonds is 3. The van der Waals surface area contributed by atoms with Crippen molar-refractivity contribution >= 4 is 17.6 Å². The molecule has 1 N–H and O–H groups in total. The molecule has 2 aromatic rings. The fourth-order valence-corrected chi connectivity index (χ4v) is 1.82. The minimum atomic E-state index is -0.734. The van der Waals surface area contributed by atoms with E-state index in [-0.39, 0.29) is 5.69 Å². The number of amides is 1. The van der Waals surface area contributed by atoms with Crippen molar-refractivity contribution in [2.75, 3.05) is 12.4 Å². The third-order valence-electron chi connectivity index (χ3n) is 2.94. The van der Waals surface area contributed by atoms with E-state index in [1.807, 2.05) is 0 Å². The van der Waals surface area contributed by atoms with Crippen LogP contribution in [-0.4, -0.2) is 24.0 Å². The summed E-state index contributed by atoms with van der Waals surface area (Å²) in [5, 5.41) is 2.60. The summed E-state index contributed by atoms with van der Waals surface area (Å²) in [5.41, 5.74) is 1.31. The van der Waals surface area contributed by atoms with Crippen LogP contribution in [0.2, 0.25) is 0 Å². The van der Waals surface area contributed by atoms with E-state index in [0.29, 0.717) is 16.8 Å². The van der Waals surface area contributed by atoms with Gasteiger partial charge in [-0.25, -0.2) is 9.78 Å². The van der Waals surface area contributed by atoms with Gasteiger partial charge in [0.25, 0.3) is 5.91 Å². The van der Waals surface area contributed by atoms with Crippen LogP contribution in [0, 0.1) is 12.9 Å². The number of pyridine rings is 1. The van der Waals surface area contributed by atoms with Gasteiger partial charge in [-0.2, -0.15) is 4.39 Å². The van der Waals surface area contributed by atoms with Crippen LogP contribution >= 0.6 is 0 Å². The molecule has 0 atom stereocenters. The molecule has 0 unspecified atom stereocenters. The Morgan fingerprint density at radius 1 is 1.19 bits per heavy atom. The highest BCUT2D eigenvalue weighted by Crippen LogP contribution is 2.20. The SMILES string of the molecule is COC(=O)c1cccc(NC(=O)c2cccc(F)n2)c1C. The molecule has 108 valence electrons. The molecular formula is C15H13FN2O3. The number of halogens is 1. The molecule has 0 fully saturated rings. The highest BCUT2D eigenvalue weighted by molar-refractivity contribution is 6.04. The average Bonchev–Trinajstić information content (AvgIpc) is 2.48. The highest BCUT2D eigenvalue weighted by atomic mass is 19.1. The molecule has 21 heavy (non-hydrogen) atoms. The molecular weight excluding hydrogens is 275 g/mol. The summed E-state index contributed by atoms with van der Waals surface area (Å²) in [6.07, 6.45) is 0. The van der Waals surface area contributed by atoms with Crippen LogP contribution in [0.15, 0.2) is 36.4 Å². The number of esters is 1. The smallest absolute Gasteiger partial charge is 0.338 e. The van der Waals surface area contributed by atoms with Gasteiger partial charge < -0.3 is 10.1 Å². The Morgan fingerprint density at radius 2 is 1.90 bits per heavy atom. The van der Waals surface area contributed by atoms with Gasteiger partial charge in [0.15, 0.2) is 0 Å². The van der Waals surface area contributed by atoms with Crippen molar-refractivity contribution in [3.8, 4) is 0 Å². The van der Waals surface area contributed by atoms with Crippen LogP contribution in [0.1, 0.15) is 26.4 Å². The summed E-state index contributed by atoms with van der Waals surface area (Å²) in [6, 6.07) is 8.80. The fraction of sp³-hybridized carbons (Fsp3) is 0.133. The first kappa shape index (κ1) is 14.6. The number of hydrogen-bond acceptors (Lipinski definition) is 4. The largest absolute Gasteiger partial charge is 0.465 e. The van der Waals surface area contributed by atoms with Crippen molar-refractivity contribution in [3.63, 3.8) is 0 Å². The molecule has 2 rings (SSSR count). The maximum absolute atomic E-state index is 13.0. The molecule has 5 nitrogen and oxygen atoms in total. The lowest BCUT2D eigenvalue weighted by Gasteiger charge is -2.11. The van der Waals surface area contributed by atoms with Gasteiger partial charge >= 0.3 is 5.97 Å². The van der Waals surface area contributed by atoms with Gasteiger partial charge in [-0.05, 0) is 36.8 Å². The number of nitrogens with one attached hydrogen (secondary N) is 1. The van der Waals surface area contributed by atoms with Gasteiger partial charge in [0.2, 0.25) is 5.95 Å². The number of anilines is 1. The first-order chi connectivity index (χ1) is 10.0. The van der Waals surface area contributed by atoms with Gasteiger partial charge in [0.05, 0.1) is 12.7 Å². The molecule has 0 saturated heterocycles. The van der Waals surface area contributed by atoms with E-state index in [2.05, 4.69) is 15.0 Å². The first-order valence-electron chi connectivity index (χ1n) is 6.14. The zero-order chi connectivity index (χ0) is 15.4. The van der Waals surface area contributed by atoms with Crippen LogP contribution in [0.4, 0.5) is 10.1 Å².